The maximum atomic E-state index is 13.0. The lowest BCUT2D eigenvalue weighted by Gasteiger charge is -2.29. The summed E-state index contributed by atoms with van der Waals surface area (Å²) in [4.78, 5) is 2.35. The van der Waals surface area contributed by atoms with Crippen molar-refractivity contribution in [3.63, 3.8) is 0 Å². The van der Waals surface area contributed by atoms with Crippen molar-refractivity contribution < 1.29 is 4.39 Å². The van der Waals surface area contributed by atoms with E-state index in [1.807, 2.05) is 0 Å². The van der Waals surface area contributed by atoms with Crippen LogP contribution in [0.2, 0.25) is 5.02 Å². The first kappa shape index (κ1) is 12.6. The van der Waals surface area contributed by atoms with Gasteiger partial charge in [-0.3, -0.25) is 4.90 Å². The smallest absolute Gasteiger partial charge is 0.124 e. The Morgan fingerprint density at radius 1 is 1.11 bits per heavy atom. The summed E-state index contributed by atoms with van der Waals surface area (Å²) in [5.74, 6) is -0.280. The molecule has 0 amide bonds. The van der Waals surface area contributed by atoms with Crippen LogP contribution in [-0.2, 0) is 19.5 Å². The van der Waals surface area contributed by atoms with Gasteiger partial charge in [-0.1, -0.05) is 41.9 Å². The molecule has 0 radical (unpaired) electrons. The van der Waals surface area contributed by atoms with Crippen molar-refractivity contribution in [2.75, 3.05) is 6.54 Å². The summed E-state index contributed by atoms with van der Waals surface area (Å²) in [5.41, 5.74) is 3.80. The van der Waals surface area contributed by atoms with E-state index in [2.05, 4.69) is 29.2 Å². The van der Waals surface area contributed by atoms with Crippen LogP contribution in [0.3, 0.4) is 0 Å². The fourth-order valence-electron chi connectivity index (χ4n) is 2.58. The maximum absolute atomic E-state index is 13.0. The summed E-state index contributed by atoms with van der Waals surface area (Å²) in [6, 6.07) is 13.2. The summed E-state index contributed by atoms with van der Waals surface area (Å²) < 4.78 is 13.0. The Morgan fingerprint density at radius 2 is 1.89 bits per heavy atom. The van der Waals surface area contributed by atoms with Gasteiger partial charge in [0.2, 0.25) is 0 Å². The Balaban J connectivity index is 1.75. The van der Waals surface area contributed by atoms with E-state index in [-0.39, 0.29) is 5.82 Å². The molecule has 0 aliphatic carbocycles. The minimum absolute atomic E-state index is 0.280. The highest BCUT2D eigenvalue weighted by molar-refractivity contribution is 6.31. The van der Waals surface area contributed by atoms with E-state index in [9.17, 15) is 4.39 Å². The van der Waals surface area contributed by atoms with Crippen LogP contribution in [0.25, 0.3) is 0 Å². The van der Waals surface area contributed by atoms with Gasteiger partial charge in [0.1, 0.15) is 5.82 Å². The zero-order valence-corrected chi connectivity index (χ0v) is 11.3. The van der Waals surface area contributed by atoms with Gasteiger partial charge >= 0.3 is 0 Å². The molecule has 3 rings (SSSR count). The molecule has 0 spiro atoms. The van der Waals surface area contributed by atoms with Crippen molar-refractivity contribution in [2.45, 2.75) is 19.5 Å². The fourth-order valence-corrected chi connectivity index (χ4v) is 2.81. The second-order valence-electron chi connectivity index (χ2n) is 4.97. The van der Waals surface area contributed by atoms with Gasteiger partial charge in [0, 0.05) is 24.7 Å². The molecule has 1 heterocycles. The van der Waals surface area contributed by atoms with E-state index in [1.165, 1.54) is 23.3 Å². The van der Waals surface area contributed by atoms with Gasteiger partial charge < -0.3 is 0 Å². The normalized spacial score (nSPS) is 15.3. The van der Waals surface area contributed by atoms with E-state index in [1.54, 1.807) is 6.07 Å². The molecule has 2 aromatic carbocycles. The number of halogens is 2. The first-order chi connectivity index (χ1) is 9.22. The van der Waals surface area contributed by atoms with Gasteiger partial charge in [-0.2, -0.15) is 0 Å². The number of nitrogens with zero attached hydrogens (tertiary/aromatic N) is 1. The first-order valence-electron chi connectivity index (χ1n) is 6.45. The van der Waals surface area contributed by atoms with Crippen LogP contribution >= 0.6 is 11.6 Å². The Bertz CT molecular complexity index is 597. The van der Waals surface area contributed by atoms with Crippen molar-refractivity contribution in [3.8, 4) is 0 Å². The van der Waals surface area contributed by atoms with Crippen molar-refractivity contribution in [1.82, 2.24) is 4.90 Å². The molecule has 1 aliphatic heterocycles. The molecule has 1 aliphatic rings. The number of hydrogen-bond donors (Lipinski definition) is 0. The molecule has 0 N–H and O–H groups in total. The van der Waals surface area contributed by atoms with E-state index in [0.717, 1.165) is 31.6 Å². The third-order valence-corrected chi connectivity index (χ3v) is 3.97. The largest absolute Gasteiger partial charge is 0.294 e. The lowest BCUT2D eigenvalue weighted by Crippen LogP contribution is -2.30. The van der Waals surface area contributed by atoms with Crippen LogP contribution in [0, 0.1) is 5.82 Å². The topological polar surface area (TPSA) is 3.24 Å². The predicted octanol–water partition coefficient (Wildman–Crippen LogP) is 4.04. The molecule has 0 saturated carbocycles. The third kappa shape index (κ3) is 2.80. The molecule has 19 heavy (non-hydrogen) atoms. The molecular formula is C16H15ClFN. The van der Waals surface area contributed by atoms with Gasteiger partial charge in [-0.15, -0.1) is 0 Å². The van der Waals surface area contributed by atoms with Crippen LogP contribution in [0.1, 0.15) is 16.7 Å². The summed E-state index contributed by atoms with van der Waals surface area (Å²) in [5, 5.41) is 0.513. The average molecular weight is 276 g/mol. The maximum Gasteiger partial charge on any atom is 0.124 e. The van der Waals surface area contributed by atoms with Crippen molar-refractivity contribution in [1.29, 1.82) is 0 Å². The second-order valence-corrected chi connectivity index (χ2v) is 5.37. The number of benzene rings is 2. The molecule has 0 aromatic heterocycles. The van der Waals surface area contributed by atoms with Gasteiger partial charge in [0.05, 0.1) is 0 Å². The van der Waals surface area contributed by atoms with E-state index >= 15 is 0 Å². The molecule has 0 atom stereocenters. The van der Waals surface area contributed by atoms with Crippen molar-refractivity contribution in [3.05, 3.63) is 70.0 Å². The highest BCUT2D eigenvalue weighted by Crippen LogP contribution is 2.23. The van der Waals surface area contributed by atoms with Gasteiger partial charge in [-0.05, 0) is 35.2 Å². The Morgan fingerprint density at radius 3 is 2.68 bits per heavy atom. The molecule has 0 saturated heterocycles. The Labute approximate surface area is 117 Å². The molecule has 98 valence electrons. The average Bonchev–Trinajstić information content (AvgIpc) is 2.42. The third-order valence-electron chi connectivity index (χ3n) is 3.62. The number of rotatable bonds is 2. The van der Waals surface area contributed by atoms with Crippen molar-refractivity contribution in [2.24, 2.45) is 0 Å². The molecule has 1 nitrogen and oxygen atoms in total. The molecule has 3 heteroatoms. The molecular weight excluding hydrogens is 261 g/mol. The second kappa shape index (κ2) is 5.32. The monoisotopic (exact) mass is 275 g/mol. The summed E-state index contributed by atoms with van der Waals surface area (Å²) in [7, 11) is 0. The van der Waals surface area contributed by atoms with E-state index in [4.69, 9.17) is 11.6 Å². The quantitative estimate of drug-likeness (QED) is 0.800. The van der Waals surface area contributed by atoms with Crippen LogP contribution in [0.5, 0.6) is 0 Å². The van der Waals surface area contributed by atoms with E-state index < -0.39 is 0 Å². The minimum atomic E-state index is -0.280. The van der Waals surface area contributed by atoms with E-state index in [0.29, 0.717) is 5.02 Å². The van der Waals surface area contributed by atoms with Crippen LogP contribution in [0.4, 0.5) is 4.39 Å². The zero-order valence-electron chi connectivity index (χ0n) is 10.6. The number of fused-ring (bicyclic) bond motifs is 1. The lowest BCUT2D eigenvalue weighted by molar-refractivity contribution is 0.245. The van der Waals surface area contributed by atoms with Crippen LogP contribution in [-0.4, -0.2) is 11.4 Å². The molecule has 2 aromatic rings. The molecule has 0 bridgehead atoms. The summed E-state index contributed by atoms with van der Waals surface area (Å²) in [6.45, 7) is 2.72. The lowest BCUT2D eigenvalue weighted by atomic mass is 9.99. The minimum Gasteiger partial charge on any atom is -0.294 e. The Hall–Kier alpha value is -1.38. The van der Waals surface area contributed by atoms with Crippen LogP contribution in [0.15, 0.2) is 42.5 Å². The molecule has 0 fully saturated rings. The standard InChI is InChI=1S/C16H15ClFN/c17-16-9-15(18)6-5-14(16)11-19-8-7-12-3-1-2-4-13(12)10-19/h1-6,9H,7-8,10-11H2. The van der Waals surface area contributed by atoms with Gasteiger partial charge in [-0.25, -0.2) is 4.39 Å². The zero-order chi connectivity index (χ0) is 13.2. The summed E-state index contributed by atoms with van der Waals surface area (Å²) >= 11 is 6.08. The SMILES string of the molecule is Fc1ccc(CN2CCc3ccccc3C2)c(Cl)c1. The van der Waals surface area contributed by atoms with Gasteiger partial charge in [0.25, 0.3) is 0 Å². The van der Waals surface area contributed by atoms with Crippen molar-refractivity contribution >= 4 is 11.6 Å². The first-order valence-corrected chi connectivity index (χ1v) is 6.83. The Kier molecular flexibility index (Phi) is 3.54. The highest BCUT2D eigenvalue weighted by Gasteiger charge is 2.16. The summed E-state index contributed by atoms with van der Waals surface area (Å²) in [6.07, 6.45) is 1.06. The van der Waals surface area contributed by atoms with Gasteiger partial charge in [0.15, 0.2) is 0 Å². The number of hydrogen-bond acceptors (Lipinski definition) is 1. The molecule has 0 unspecified atom stereocenters. The fraction of sp³-hybridized carbons (Fsp3) is 0.250. The predicted molar refractivity (Wildman–Crippen MR) is 75.7 cm³/mol. The van der Waals surface area contributed by atoms with Crippen LogP contribution < -0.4 is 0 Å². The highest BCUT2D eigenvalue weighted by atomic mass is 35.5.